The van der Waals surface area contributed by atoms with Crippen molar-refractivity contribution in [3.63, 3.8) is 0 Å². The van der Waals surface area contributed by atoms with E-state index in [1.54, 1.807) is 19.3 Å². The maximum absolute atomic E-state index is 13.3. The zero-order valence-corrected chi connectivity index (χ0v) is 13.6. The van der Waals surface area contributed by atoms with Crippen molar-refractivity contribution in [2.24, 2.45) is 7.05 Å². The van der Waals surface area contributed by atoms with E-state index in [9.17, 15) is 23.1 Å². The number of halogens is 3. The van der Waals surface area contributed by atoms with E-state index in [1.165, 1.54) is 28.9 Å². The lowest BCUT2D eigenvalue weighted by Crippen LogP contribution is -2.45. The van der Waals surface area contributed by atoms with Crippen molar-refractivity contribution in [3.05, 3.63) is 47.8 Å². The van der Waals surface area contributed by atoms with E-state index in [1.807, 2.05) is 0 Å². The lowest BCUT2D eigenvalue weighted by Gasteiger charge is -2.31. The summed E-state index contributed by atoms with van der Waals surface area (Å²) in [7, 11) is 1.69. The molecule has 0 radical (unpaired) electrons. The molecule has 6 nitrogen and oxygen atoms in total. The average molecular weight is 356 g/mol. The summed E-state index contributed by atoms with van der Waals surface area (Å²) in [6, 6.07) is 6.83. The van der Waals surface area contributed by atoms with Gasteiger partial charge in [-0.05, 0) is 5.56 Å². The highest BCUT2D eigenvalue weighted by Crippen LogP contribution is 2.41. The Morgan fingerprint density at radius 1 is 1.28 bits per heavy atom. The number of aromatic nitrogens is 3. The molecule has 1 atom stereocenters. The minimum Gasteiger partial charge on any atom is -0.376 e. The number of aliphatic hydroxyl groups is 1. The van der Waals surface area contributed by atoms with Crippen LogP contribution in [0.1, 0.15) is 24.1 Å². The summed E-state index contributed by atoms with van der Waals surface area (Å²) in [6.45, 7) is -0.301. The highest BCUT2D eigenvalue weighted by molar-refractivity contribution is 5.76. The molecule has 0 fully saturated rings. The molecule has 25 heavy (non-hydrogen) atoms. The number of rotatable bonds is 7. The Morgan fingerprint density at radius 3 is 2.52 bits per heavy atom. The van der Waals surface area contributed by atoms with Crippen LogP contribution in [-0.4, -0.2) is 38.7 Å². The number of amides is 1. The van der Waals surface area contributed by atoms with E-state index in [0.717, 1.165) is 0 Å². The number of hydrogen-bond acceptors (Lipinski definition) is 4. The highest BCUT2D eigenvalue weighted by Gasteiger charge is 2.54. The zero-order valence-electron chi connectivity index (χ0n) is 13.6. The Hall–Kier alpha value is -2.42. The number of carbonyl (C=O) groups is 1. The van der Waals surface area contributed by atoms with Crippen molar-refractivity contribution in [1.82, 2.24) is 20.3 Å². The molecule has 0 aliphatic heterocycles. The molecule has 2 aromatic rings. The first-order valence-corrected chi connectivity index (χ1v) is 7.69. The van der Waals surface area contributed by atoms with Crippen LogP contribution in [0.25, 0.3) is 0 Å². The quantitative estimate of drug-likeness (QED) is 0.791. The fourth-order valence-corrected chi connectivity index (χ4v) is 2.39. The van der Waals surface area contributed by atoms with Gasteiger partial charge < -0.3 is 10.4 Å². The molecule has 1 heterocycles. The first-order valence-electron chi connectivity index (χ1n) is 7.69. The van der Waals surface area contributed by atoms with Gasteiger partial charge in [-0.25, -0.2) is 0 Å². The van der Waals surface area contributed by atoms with E-state index < -0.39 is 24.1 Å². The van der Waals surface area contributed by atoms with Crippen molar-refractivity contribution in [3.8, 4) is 0 Å². The number of hydrogen-bond donors (Lipinski definition) is 2. The van der Waals surface area contributed by atoms with E-state index in [2.05, 4.69) is 15.6 Å². The molecule has 0 saturated carbocycles. The lowest BCUT2D eigenvalue weighted by atomic mass is 9.89. The van der Waals surface area contributed by atoms with Gasteiger partial charge in [0.25, 0.3) is 0 Å². The smallest absolute Gasteiger partial charge is 0.376 e. The predicted molar refractivity (Wildman–Crippen MR) is 83.3 cm³/mol. The molecule has 0 spiro atoms. The molecular weight excluding hydrogens is 337 g/mol. The van der Waals surface area contributed by atoms with Gasteiger partial charge in [-0.15, -0.1) is 5.10 Å². The van der Waals surface area contributed by atoms with Crippen molar-refractivity contribution < 1.29 is 23.1 Å². The first kappa shape index (κ1) is 18.9. The number of nitrogens with one attached hydrogen (secondary N) is 1. The van der Waals surface area contributed by atoms with Gasteiger partial charge in [-0.1, -0.05) is 35.5 Å². The fraction of sp³-hybridized carbons (Fsp3) is 0.438. The third kappa shape index (κ3) is 4.79. The number of alkyl halides is 3. The SMILES string of the molecule is Cn1cc(CCC(=O)NCCC(O)(c2ccccc2)C(F)(F)F)nn1. The minimum atomic E-state index is -4.85. The molecule has 9 heteroatoms. The Labute approximate surface area is 142 Å². The van der Waals surface area contributed by atoms with Gasteiger partial charge in [0.05, 0.1) is 5.69 Å². The molecule has 0 aliphatic carbocycles. The molecule has 0 aliphatic rings. The van der Waals surface area contributed by atoms with Gasteiger partial charge >= 0.3 is 6.18 Å². The number of nitrogens with zero attached hydrogens (tertiary/aromatic N) is 3. The molecule has 1 aromatic heterocycles. The van der Waals surface area contributed by atoms with Crippen LogP contribution < -0.4 is 5.32 Å². The van der Waals surface area contributed by atoms with Gasteiger partial charge in [0.1, 0.15) is 0 Å². The summed E-state index contributed by atoms with van der Waals surface area (Å²) in [4.78, 5) is 11.8. The van der Waals surface area contributed by atoms with Gasteiger partial charge in [0.15, 0.2) is 5.60 Å². The third-order valence-electron chi connectivity index (χ3n) is 3.79. The second-order valence-corrected chi connectivity index (χ2v) is 5.71. The highest BCUT2D eigenvalue weighted by atomic mass is 19.4. The Morgan fingerprint density at radius 2 is 1.96 bits per heavy atom. The Balaban J connectivity index is 1.89. The second-order valence-electron chi connectivity index (χ2n) is 5.71. The van der Waals surface area contributed by atoms with Crippen LogP contribution in [-0.2, 0) is 23.9 Å². The number of benzene rings is 1. The summed E-state index contributed by atoms with van der Waals surface area (Å²) in [5.74, 6) is -0.414. The van der Waals surface area contributed by atoms with E-state index in [0.29, 0.717) is 12.1 Å². The molecule has 0 saturated heterocycles. The second kappa shape index (κ2) is 7.64. The van der Waals surface area contributed by atoms with Gasteiger partial charge in [0.2, 0.25) is 5.91 Å². The number of aryl methyl sites for hydroxylation is 2. The summed E-state index contributed by atoms with van der Waals surface area (Å²) >= 11 is 0. The molecule has 1 unspecified atom stereocenters. The normalized spacial score (nSPS) is 14.1. The van der Waals surface area contributed by atoms with Gasteiger partial charge in [-0.2, -0.15) is 13.2 Å². The molecule has 2 rings (SSSR count). The summed E-state index contributed by atoms with van der Waals surface area (Å²) in [5, 5.41) is 20.1. The van der Waals surface area contributed by atoms with Crippen LogP contribution >= 0.6 is 0 Å². The minimum absolute atomic E-state index is 0.0779. The molecular formula is C16H19F3N4O2. The van der Waals surface area contributed by atoms with Crippen molar-refractivity contribution in [1.29, 1.82) is 0 Å². The zero-order chi connectivity index (χ0) is 18.5. The standard InChI is InChI=1S/C16H19F3N4O2/c1-23-11-13(21-22-23)7-8-14(24)20-10-9-15(25,16(17,18)19)12-5-3-2-4-6-12/h2-6,11,25H,7-10H2,1H3,(H,20,24). The molecule has 1 amide bonds. The van der Waals surface area contributed by atoms with Crippen LogP contribution in [0.4, 0.5) is 13.2 Å². The molecule has 0 bridgehead atoms. The van der Waals surface area contributed by atoms with Crippen molar-refractivity contribution in [2.45, 2.75) is 31.0 Å². The topological polar surface area (TPSA) is 80.0 Å². The van der Waals surface area contributed by atoms with Crippen LogP contribution in [0.2, 0.25) is 0 Å². The third-order valence-corrected chi connectivity index (χ3v) is 3.79. The average Bonchev–Trinajstić information content (AvgIpc) is 2.98. The maximum atomic E-state index is 13.3. The molecule has 2 N–H and O–H groups in total. The molecule has 136 valence electrons. The van der Waals surface area contributed by atoms with E-state index >= 15 is 0 Å². The Kier molecular flexibility index (Phi) is 5.78. The summed E-state index contributed by atoms with van der Waals surface area (Å²) in [5.41, 5.74) is -2.64. The van der Waals surface area contributed by atoms with Gasteiger partial charge in [-0.3, -0.25) is 9.48 Å². The first-order chi connectivity index (χ1) is 11.7. The predicted octanol–water partition coefficient (Wildman–Crippen LogP) is 1.70. The van der Waals surface area contributed by atoms with Crippen LogP contribution in [0.5, 0.6) is 0 Å². The lowest BCUT2D eigenvalue weighted by molar-refractivity contribution is -0.268. The van der Waals surface area contributed by atoms with Crippen LogP contribution in [0.3, 0.4) is 0 Å². The van der Waals surface area contributed by atoms with Crippen molar-refractivity contribution >= 4 is 5.91 Å². The monoisotopic (exact) mass is 356 g/mol. The fourth-order valence-electron chi connectivity index (χ4n) is 2.39. The van der Waals surface area contributed by atoms with E-state index in [-0.39, 0.29) is 18.5 Å². The maximum Gasteiger partial charge on any atom is 0.421 e. The Bertz CT molecular complexity index is 703. The van der Waals surface area contributed by atoms with Crippen molar-refractivity contribution in [2.75, 3.05) is 6.54 Å². The van der Waals surface area contributed by atoms with E-state index in [4.69, 9.17) is 0 Å². The summed E-state index contributed by atoms with van der Waals surface area (Å²) < 4.78 is 41.4. The van der Waals surface area contributed by atoms with Gasteiger partial charge in [0, 0.05) is 39.1 Å². The largest absolute Gasteiger partial charge is 0.421 e. The van der Waals surface area contributed by atoms with Crippen LogP contribution in [0.15, 0.2) is 36.5 Å². The van der Waals surface area contributed by atoms with Crippen LogP contribution in [0, 0.1) is 0 Å². The summed E-state index contributed by atoms with van der Waals surface area (Å²) in [6.07, 6.45) is -3.45. The molecule has 1 aromatic carbocycles. The number of carbonyl (C=O) groups excluding carboxylic acids is 1.